The fourth-order valence-corrected chi connectivity index (χ4v) is 0.262. The normalized spacial score (nSPS) is 6.00. The Bertz CT molecular complexity index is 148. The second kappa shape index (κ2) is 29.4. The van der Waals surface area contributed by atoms with Crippen LogP contribution in [0.2, 0.25) is 0 Å². The molecule has 15 heavy (non-hydrogen) atoms. The third-order valence-corrected chi connectivity index (χ3v) is 0.673. The van der Waals surface area contributed by atoms with E-state index in [2.05, 4.69) is 50.8 Å². The molecule has 1 N–H and O–H groups in total. The number of rotatable bonds is 3. The van der Waals surface area contributed by atoms with Gasteiger partial charge >= 0.3 is 5.97 Å². The van der Waals surface area contributed by atoms with Gasteiger partial charge in [0.05, 0.1) is 6.61 Å². The van der Waals surface area contributed by atoms with Gasteiger partial charge in [0.15, 0.2) is 0 Å². The lowest BCUT2D eigenvalue weighted by molar-refractivity contribution is -0.139. The third-order valence-electron chi connectivity index (χ3n) is 0.673. The summed E-state index contributed by atoms with van der Waals surface area (Å²) < 4.78 is 4.46. The van der Waals surface area contributed by atoms with Crippen LogP contribution in [0.15, 0.2) is 51.6 Å². The van der Waals surface area contributed by atoms with Crippen LogP contribution >= 0.6 is 0 Å². The summed E-state index contributed by atoms with van der Waals surface area (Å²) in [5, 5.41) is 8.19. The van der Waals surface area contributed by atoms with Gasteiger partial charge in [0.25, 0.3) is 0 Å². The van der Waals surface area contributed by atoms with E-state index in [0.29, 0.717) is 5.57 Å². The van der Waals surface area contributed by atoms with Gasteiger partial charge in [-0.3, -0.25) is 0 Å². The molecule has 0 amide bonds. The molecule has 0 aliphatic heterocycles. The predicted molar refractivity (Wildman–Crippen MR) is 66.6 cm³/mol. The summed E-state index contributed by atoms with van der Waals surface area (Å²) in [5.74, 6) is -0.455. The largest absolute Gasteiger partial charge is 0.460 e. The average molecular weight is 214 g/mol. The molecule has 3 heteroatoms. The van der Waals surface area contributed by atoms with Gasteiger partial charge in [0.2, 0.25) is 0 Å². The highest BCUT2D eigenvalue weighted by Gasteiger charge is 1.99. The van der Waals surface area contributed by atoms with Crippen molar-refractivity contribution in [2.75, 3.05) is 13.2 Å². The zero-order chi connectivity index (χ0) is 13.3. The van der Waals surface area contributed by atoms with Gasteiger partial charge in [0.1, 0.15) is 6.61 Å². The fraction of sp³-hybridized carbons (Fsp3) is 0.250. The number of aliphatic hydroxyl groups excluding tert-OH is 1. The van der Waals surface area contributed by atoms with Crippen LogP contribution in [0.25, 0.3) is 0 Å². The SMILES string of the molecule is C=C.C=C.C=C.C=C(C)C(=O)OCCO. The smallest absolute Gasteiger partial charge is 0.333 e. The number of aliphatic hydroxyl groups is 1. The van der Waals surface area contributed by atoms with E-state index in [-0.39, 0.29) is 13.2 Å². The minimum atomic E-state index is -0.455. The molecule has 88 valence electrons. The minimum Gasteiger partial charge on any atom is -0.460 e. The molecule has 0 bridgehead atoms. The van der Waals surface area contributed by atoms with Gasteiger partial charge in [-0.1, -0.05) is 6.58 Å². The van der Waals surface area contributed by atoms with Gasteiger partial charge in [-0.25, -0.2) is 4.79 Å². The van der Waals surface area contributed by atoms with Gasteiger partial charge in [-0.2, -0.15) is 0 Å². The highest BCUT2D eigenvalue weighted by Crippen LogP contribution is 1.89. The van der Waals surface area contributed by atoms with Crippen molar-refractivity contribution in [2.24, 2.45) is 0 Å². The van der Waals surface area contributed by atoms with E-state index < -0.39 is 5.97 Å². The van der Waals surface area contributed by atoms with Crippen LogP contribution < -0.4 is 0 Å². The van der Waals surface area contributed by atoms with E-state index in [0.717, 1.165) is 0 Å². The molecular weight excluding hydrogens is 192 g/mol. The highest BCUT2D eigenvalue weighted by atomic mass is 16.5. The summed E-state index contributed by atoms with van der Waals surface area (Å²) in [6.45, 7) is 22.8. The number of ether oxygens (including phenoxy) is 1. The first kappa shape index (κ1) is 23.3. The molecule has 0 unspecified atom stereocenters. The van der Waals surface area contributed by atoms with E-state index in [4.69, 9.17) is 5.11 Å². The Kier molecular flexibility index (Phi) is 45.7. The van der Waals surface area contributed by atoms with Crippen molar-refractivity contribution in [2.45, 2.75) is 6.92 Å². The van der Waals surface area contributed by atoms with Crippen molar-refractivity contribution in [3.05, 3.63) is 51.6 Å². The number of hydrogen-bond donors (Lipinski definition) is 1. The van der Waals surface area contributed by atoms with Crippen molar-refractivity contribution >= 4 is 5.97 Å². The van der Waals surface area contributed by atoms with E-state index in [1.54, 1.807) is 6.92 Å². The minimum absolute atomic E-state index is 0.0473. The van der Waals surface area contributed by atoms with Crippen LogP contribution in [-0.2, 0) is 9.53 Å². The summed E-state index contributed by atoms with van der Waals surface area (Å²) >= 11 is 0. The van der Waals surface area contributed by atoms with E-state index in [1.165, 1.54) is 0 Å². The molecule has 0 rings (SSSR count). The van der Waals surface area contributed by atoms with Crippen LogP contribution in [0.3, 0.4) is 0 Å². The van der Waals surface area contributed by atoms with Crippen LogP contribution in [0.1, 0.15) is 6.92 Å². The summed E-state index contributed by atoms with van der Waals surface area (Å²) in [5.41, 5.74) is 0.350. The van der Waals surface area contributed by atoms with Crippen LogP contribution in [0.5, 0.6) is 0 Å². The summed E-state index contributed by atoms with van der Waals surface area (Å²) in [6.07, 6.45) is 0. The molecule has 0 saturated heterocycles. The molecule has 3 nitrogen and oxygen atoms in total. The van der Waals surface area contributed by atoms with Crippen molar-refractivity contribution in [1.29, 1.82) is 0 Å². The average Bonchev–Trinajstić information content (AvgIpc) is 2.33. The Balaban J connectivity index is -0.0000000860. The molecule has 0 aromatic rings. The Hall–Kier alpha value is -1.61. The lowest BCUT2D eigenvalue weighted by Gasteiger charge is -1.99. The Morgan fingerprint density at radius 2 is 1.47 bits per heavy atom. The number of carbonyl (C=O) groups is 1. The van der Waals surface area contributed by atoms with Crippen molar-refractivity contribution < 1.29 is 14.6 Å². The van der Waals surface area contributed by atoms with Crippen molar-refractivity contribution in [3.63, 3.8) is 0 Å². The summed E-state index contributed by atoms with van der Waals surface area (Å²) in [6, 6.07) is 0. The van der Waals surface area contributed by atoms with Gasteiger partial charge in [-0.15, -0.1) is 39.5 Å². The summed E-state index contributed by atoms with van der Waals surface area (Å²) in [7, 11) is 0. The Labute approximate surface area is 93.1 Å². The predicted octanol–water partition coefficient (Wildman–Crippen LogP) is 2.50. The molecule has 0 heterocycles. The Morgan fingerprint density at radius 1 is 1.13 bits per heavy atom. The molecular formula is C12H22O3. The first-order valence-corrected chi connectivity index (χ1v) is 4.12. The molecule has 0 saturated carbocycles. The van der Waals surface area contributed by atoms with Crippen molar-refractivity contribution in [3.8, 4) is 0 Å². The number of hydrogen-bond acceptors (Lipinski definition) is 3. The molecule has 0 spiro atoms. The topological polar surface area (TPSA) is 46.5 Å². The second-order valence-corrected chi connectivity index (χ2v) is 1.64. The van der Waals surface area contributed by atoms with Crippen molar-refractivity contribution in [1.82, 2.24) is 0 Å². The molecule has 0 fully saturated rings. The van der Waals surface area contributed by atoms with Gasteiger partial charge < -0.3 is 9.84 Å². The van der Waals surface area contributed by atoms with E-state index in [9.17, 15) is 4.79 Å². The lowest BCUT2D eigenvalue weighted by atomic mass is 10.4. The maximum Gasteiger partial charge on any atom is 0.333 e. The first-order chi connectivity index (χ1) is 7.18. The number of esters is 1. The molecule has 0 aliphatic rings. The van der Waals surface area contributed by atoms with Crippen LogP contribution in [0.4, 0.5) is 0 Å². The lowest BCUT2D eigenvalue weighted by Crippen LogP contribution is -2.08. The van der Waals surface area contributed by atoms with Crippen LogP contribution in [0, 0.1) is 0 Å². The van der Waals surface area contributed by atoms with Gasteiger partial charge in [0, 0.05) is 5.57 Å². The van der Waals surface area contributed by atoms with Crippen LogP contribution in [-0.4, -0.2) is 24.3 Å². The zero-order valence-corrected chi connectivity index (χ0v) is 9.63. The molecule has 0 aliphatic carbocycles. The zero-order valence-electron chi connectivity index (χ0n) is 9.63. The monoisotopic (exact) mass is 214 g/mol. The third kappa shape index (κ3) is 32.8. The molecule has 0 aromatic heterocycles. The Morgan fingerprint density at radius 3 is 1.67 bits per heavy atom. The second-order valence-electron chi connectivity index (χ2n) is 1.64. The quantitative estimate of drug-likeness (QED) is 0.446. The summed E-state index contributed by atoms with van der Waals surface area (Å²) in [4.78, 5) is 10.5. The molecule has 0 radical (unpaired) electrons. The van der Waals surface area contributed by atoms with Gasteiger partial charge in [-0.05, 0) is 6.92 Å². The molecule has 0 atom stereocenters. The fourth-order valence-electron chi connectivity index (χ4n) is 0.262. The molecule has 0 aromatic carbocycles. The standard InChI is InChI=1S/C6H10O3.3C2H4/c1-5(2)6(8)9-4-3-7;3*1-2/h7H,1,3-4H2,2H3;3*1-2H2. The maximum absolute atomic E-state index is 10.5. The maximum atomic E-state index is 10.5. The number of carbonyl (C=O) groups excluding carboxylic acids is 1. The van der Waals surface area contributed by atoms with E-state index >= 15 is 0 Å². The van der Waals surface area contributed by atoms with E-state index in [1.807, 2.05) is 0 Å². The highest BCUT2D eigenvalue weighted by molar-refractivity contribution is 5.86. The first-order valence-electron chi connectivity index (χ1n) is 4.12.